The molecular formula is C25H50N2O2. The molecule has 2 rings (SSSR count). The summed E-state index contributed by atoms with van der Waals surface area (Å²) in [7, 11) is 2.36. The van der Waals surface area contributed by atoms with Gasteiger partial charge in [-0.3, -0.25) is 0 Å². The van der Waals surface area contributed by atoms with E-state index in [-0.39, 0.29) is 11.2 Å². The van der Waals surface area contributed by atoms with E-state index in [0.29, 0.717) is 6.10 Å². The van der Waals surface area contributed by atoms with Crippen molar-refractivity contribution in [2.45, 2.75) is 129 Å². The van der Waals surface area contributed by atoms with E-state index in [9.17, 15) is 0 Å². The molecule has 0 bridgehead atoms. The molecule has 1 saturated carbocycles. The summed E-state index contributed by atoms with van der Waals surface area (Å²) in [5, 5.41) is 0. The van der Waals surface area contributed by atoms with Crippen molar-refractivity contribution in [2.24, 2.45) is 0 Å². The summed E-state index contributed by atoms with van der Waals surface area (Å²) in [4.78, 5) is 5.39. The zero-order chi connectivity index (χ0) is 21.5. The highest BCUT2D eigenvalue weighted by Gasteiger charge is 2.37. The van der Waals surface area contributed by atoms with Crippen LogP contribution in [0.1, 0.15) is 99.3 Å². The van der Waals surface area contributed by atoms with Crippen LogP contribution in [-0.4, -0.2) is 72.5 Å². The van der Waals surface area contributed by atoms with Crippen molar-refractivity contribution in [1.82, 2.24) is 9.80 Å². The Morgan fingerprint density at radius 1 is 0.828 bits per heavy atom. The quantitative estimate of drug-likeness (QED) is 0.469. The summed E-state index contributed by atoms with van der Waals surface area (Å²) in [5.41, 5.74) is 0.00423. The maximum absolute atomic E-state index is 6.14. The fraction of sp³-hybridized carbons (Fsp3) is 1.00. The molecule has 1 saturated heterocycles. The molecule has 0 unspecified atom stereocenters. The first-order valence-corrected chi connectivity index (χ1v) is 12.3. The molecule has 0 amide bonds. The first kappa shape index (κ1) is 25.1. The normalized spacial score (nSPS) is 25.7. The van der Waals surface area contributed by atoms with Gasteiger partial charge in [-0.05, 0) is 126 Å². The van der Waals surface area contributed by atoms with Gasteiger partial charge in [-0.2, -0.15) is 0 Å². The third-order valence-electron chi connectivity index (χ3n) is 6.42. The summed E-state index contributed by atoms with van der Waals surface area (Å²) in [5.74, 6) is 0. The van der Waals surface area contributed by atoms with Crippen molar-refractivity contribution in [3.05, 3.63) is 0 Å². The molecule has 0 radical (unpaired) electrons. The summed E-state index contributed by atoms with van der Waals surface area (Å²) >= 11 is 0. The molecule has 0 aromatic carbocycles. The van der Waals surface area contributed by atoms with Crippen molar-refractivity contribution in [2.75, 3.05) is 33.3 Å². The maximum atomic E-state index is 6.14. The predicted molar refractivity (Wildman–Crippen MR) is 124 cm³/mol. The molecule has 0 aromatic heterocycles. The van der Waals surface area contributed by atoms with E-state index in [1.165, 1.54) is 77.4 Å². The van der Waals surface area contributed by atoms with E-state index in [1.807, 2.05) is 0 Å². The summed E-state index contributed by atoms with van der Waals surface area (Å²) in [6.45, 7) is 17.7. The molecule has 0 N–H and O–H groups in total. The SMILES string of the molecule is CN(C1CCCN(CCCCCOC(C)(C)C)CCC1)C1CC(OC(C)(C)C)C1. The molecule has 0 aromatic rings. The van der Waals surface area contributed by atoms with Gasteiger partial charge in [0.05, 0.1) is 17.3 Å². The fourth-order valence-electron chi connectivity index (χ4n) is 4.75. The molecule has 1 aliphatic carbocycles. The van der Waals surface area contributed by atoms with Crippen molar-refractivity contribution in [1.29, 1.82) is 0 Å². The van der Waals surface area contributed by atoms with Crippen LogP contribution in [0.15, 0.2) is 0 Å². The van der Waals surface area contributed by atoms with E-state index >= 15 is 0 Å². The maximum Gasteiger partial charge on any atom is 0.0612 e. The minimum Gasteiger partial charge on any atom is -0.376 e. The number of hydrogen-bond donors (Lipinski definition) is 0. The monoisotopic (exact) mass is 410 g/mol. The number of likely N-dealkylation sites (tertiary alicyclic amines) is 1. The second-order valence-corrected chi connectivity index (χ2v) is 11.4. The highest BCUT2D eigenvalue weighted by molar-refractivity contribution is 4.91. The van der Waals surface area contributed by atoms with Crippen LogP contribution in [0.25, 0.3) is 0 Å². The zero-order valence-corrected chi connectivity index (χ0v) is 20.6. The summed E-state index contributed by atoms with van der Waals surface area (Å²) < 4.78 is 12.0. The van der Waals surface area contributed by atoms with Crippen LogP contribution in [0.5, 0.6) is 0 Å². The van der Waals surface area contributed by atoms with Gasteiger partial charge in [-0.15, -0.1) is 0 Å². The van der Waals surface area contributed by atoms with Gasteiger partial charge in [-0.1, -0.05) is 0 Å². The average Bonchev–Trinajstić information content (AvgIpc) is 2.53. The molecule has 172 valence electrons. The second kappa shape index (κ2) is 11.5. The number of unbranched alkanes of at least 4 members (excludes halogenated alkanes) is 2. The Bertz CT molecular complexity index is 439. The van der Waals surface area contributed by atoms with E-state index in [4.69, 9.17) is 9.47 Å². The predicted octanol–water partition coefficient (Wildman–Crippen LogP) is 5.49. The lowest BCUT2D eigenvalue weighted by Crippen LogP contribution is -2.52. The first-order chi connectivity index (χ1) is 13.5. The van der Waals surface area contributed by atoms with Gasteiger partial charge >= 0.3 is 0 Å². The van der Waals surface area contributed by atoms with Gasteiger partial charge in [0, 0.05) is 18.7 Å². The van der Waals surface area contributed by atoms with Crippen LogP contribution in [0.2, 0.25) is 0 Å². The lowest BCUT2D eigenvalue weighted by molar-refractivity contribution is -0.122. The molecule has 29 heavy (non-hydrogen) atoms. The topological polar surface area (TPSA) is 24.9 Å². The molecule has 4 nitrogen and oxygen atoms in total. The third kappa shape index (κ3) is 10.1. The molecule has 1 aliphatic heterocycles. The van der Waals surface area contributed by atoms with E-state index in [1.54, 1.807) is 0 Å². The Kier molecular flexibility index (Phi) is 9.92. The Morgan fingerprint density at radius 3 is 2.00 bits per heavy atom. The van der Waals surface area contributed by atoms with Crippen molar-refractivity contribution in [3.8, 4) is 0 Å². The van der Waals surface area contributed by atoms with Crippen LogP contribution >= 0.6 is 0 Å². The molecule has 2 aliphatic rings. The number of hydrogen-bond acceptors (Lipinski definition) is 4. The van der Waals surface area contributed by atoms with Crippen LogP contribution in [0, 0.1) is 0 Å². The van der Waals surface area contributed by atoms with Crippen LogP contribution in [0.4, 0.5) is 0 Å². The number of nitrogens with zero attached hydrogens (tertiary/aromatic N) is 2. The second-order valence-electron chi connectivity index (χ2n) is 11.4. The van der Waals surface area contributed by atoms with Crippen molar-refractivity contribution < 1.29 is 9.47 Å². The highest BCUT2D eigenvalue weighted by atomic mass is 16.5. The lowest BCUT2D eigenvalue weighted by Gasteiger charge is -2.46. The molecule has 1 heterocycles. The van der Waals surface area contributed by atoms with Crippen LogP contribution < -0.4 is 0 Å². The standard InChI is InChI=1S/C25H50N2O2/c1-24(2,3)28-18-10-8-9-15-27-16-11-13-21(14-12-17-27)26(7)22-19-23(20-22)29-25(4,5)6/h21-23H,8-20H2,1-7H3. The molecule has 4 heteroatoms. The molecular weight excluding hydrogens is 360 g/mol. The van der Waals surface area contributed by atoms with Gasteiger partial charge in [0.2, 0.25) is 0 Å². The number of rotatable bonds is 9. The zero-order valence-electron chi connectivity index (χ0n) is 20.6. The van der Waals surface area contributed by atoms with Crippen molar-refractivity contribution in [3.63, 3.8) is 0 Å². The number of ether oxygens (including phenoxy) is 2. The van der Waals surface area contributed by atoms with Crippen LogP contribution in [0.3, 0.4) is 0 Å². The Hall–Kier alpha value is -0.160. The minimum atomic E-state index is -0.00246. The molecule has 0 atom stereocenters. The minimum absolute atomic E-state index is 0.00246. The van der Waals surface area contributed by atoms with Gasteiger partial charge in [0.25, 0.3) is 0 Å². The largest absolute Gasteiger partial charge is 0.376 e. The van der Waals surface area contributed by atoms with Gasteiger partial charge in [0.15, 0.2) is 0 Å². The van der Waals surface area contributed by atoms with E-state index < -0.39 is 0 Å². The Morgan fingerprint density at radius 2 is 1.45 bits per heavy atom. The highest BCUT2D eigenvalue weighted by Crippen LogP contribution is 2.33. The average molecular weight is 411 g/mol. The Labute approximate surface area is 181 Å². The Balaban J connectivity index is 1.57. The molecule has 0 spiro atoms. The fourth-order valence-corrected chi connectivity index (χ4v) is 4.75. The summed E-state index contributed by atoms with van der Waals surface area (Å²) in [6, 6.07) is 1.51. The van der Waals surface area contributed by atoms with Crippen LogP contribution in [-0.2, 0) is 9.47 Å². The van der Waals surface area contributed by atoms with Crippen molar-refractivity contribution >= 4 is 0 Å². The van der Waals surface area contributed by atoms with E-state index in [2.05, 4.69) is 58.4 Å². The lowest BCUT2D eigenvalue weighted by atomic mass is 9.85. The smallest absolute Gasteiger partial charge is 0.0612 e. The van der Waals surface area contributed by atoms with Gasteiger partial charge in [-0.25, -0.2) is 0 Å². The van der Waals surface area contributed by atoms with E-state index in [0.717, 1.165) is 18.7 Å². The molecule has 2 fully saturated rings. The van der Waals surface area contributed by atoms with Gasteiger partial charge < -0.3 is 19.3 Å². The summed E-state index contributed by atoms with van der Waals surface area (Å²) in [6.07, 6.45) is 12.1. The first-order valence-electron chi connectivity index (χ1n) is 12.3. The third-order valence-corrected chi connectivity index (χ3v) is 6.42. The van der Waals surface area contributed by atoms with Gasteiger partial charge in [0.1, 0.15) is 0 Å².